The first-order chi connectivity index (χ1) is 6.93. The summed E-state index contributed by atoms with van der Waals surface area (Å²) in [6, 6.07) is 4.01. The van der Waals surface area contributed by atoms with Gasteiger partial charge in [-0.25, -0.2) is 4.39 Å². The van der Waals surface area contributed by atoms with Gasteiger partial charge in [-0.15, -0.1) is 0 Å². The van der Waals surface area contributed by atoms with Gasteiger partial charge in [0.2, 0.25) is 0 Å². The van der Waals surface area contributed by atoms with Crippen molar-refractivity contribution in [1.82, 2.24) is 0 Å². The van der Waals surface area contributed by atoms with Crippen molar-refractivity contribution in [2.24, 2.45) is 5.92 Å². The average Bonchev–Trinajstić information content (AvgIpc) is 2.15. The molecule has 0 saturated heterocycles. The lowest BCUT2D eigenvalue weighted by Gasteiger charge is -2.17. The number of carbonyl (C=O) groups is 1. The van der Waals surface area contributed by atoms with Gasteiger partial charge in [0.05, 0.1) is 5.92 Å². The highest BCUT2D eigenvalue weighted by Crippen LogP contribution is 2.30. The van der Waals surface area contributed by atoms with Crippen molar-refractivity contribution in [1.29, 1.82) is 0 Å². The van der Waals surface area contributed by atoms with E-state index in [-0.39, 0.29) is 10.9 Å². The molecule has 1 N–H and O–H groups in total. The molecule has 4 heteroatoms. The topological polar surface area (TPSA) is 37.3 Å². The predicted octanol–water partition coefficient (Wildman–Crippen LogP) is 3.30. The molecule has 0 aromatic heterocycles. The number of aliphatic carboxylic acids is 1. The third-order valence-corrected chi connectivity index (χ3v) is 2.92. The molecule has 0 saturated carbocycles. The molecule has 0 spiro atoms. The van der Waals surface area contributed by atoms with Crippen LogP contribution < -0.4 is 0 Å². The Morgan fingerprint density at radius 3 is 2.53 bits per heavy atom. The van der Waals surface area contributed by atoms with Crippen LogP contribution in [-0.4, -0.2) is 11.1 Å². The zero-order chi connectivity index (χ0) is 11.6. The molecule has 1 aromatic carbocycles. The minimum Gasteiger partial charge on any atom is -0.481 e. The normalized spacial score (nSPS) is 14.7. The Labute approximate surface area is 92.7 Å². The molecular weight excluding hydrogens is 219 g/mol. The lowest BCUT2D eigenvalue weighted by Crippen LogP contribution is -2.16. The fraction of sp³-hybridized carbons (Fsp3) is 0.364. The standard InChI is InChI=1S/C11H12ClFO2/c1-6(7(2)11(14)15)9-4-3-8(13)5-10(9)12/h3-7H,1-2H3,(H,14,15). The van der Waals surface area contributed by atoms with E-state index < -0.39 is 17.7 Å². The molecule has 1 aromatic rings. The summed E-state index contributed by atoms with van der Waals surface area (Å²) < 4.78 is 12.8. The van der Waals surface area contributed by atoms with Crippen LogP contribution in [0.1, 0.15) is 25.3 Å². The minimum absolute atomic E-state index is 0.240. The molecule has 82 valence electrons. The van der Waals surface area contributed by atoms with E-state index >= 15 is 0 Å². The molecule has 2 unspecified atom stereocenters. The molecule has 2 atom stereocenters. The highest BCUT2D eigenvalue weighted by Gasteiger charge is 2.22. The summed E-state index contributed by atoms with van der Waals surface area (Å²) in [5.41, 5.74) is 0.660. The van der Waals surface area contributed by atoms with Gasteiger partial charge < -0.3 is 5.11 Å². The van der Waals surface area contributed by atoms with E-state index in [9.17, 15) is 9.18 Å². The zero-order valence-electron chi connectivity index (χ0n) is 8.50. The Balaban J connectivity index is 3.01. The lowest BCUT2D eigenvalue weighted by molar-refractivity contribution is -0.141. The molecule has 0 bridgehead atoms. The third kappa shape index (κ3) is 2.69. The van der Waals surface area contributed by atoms with Crippen LogP contribution in [0.5, 0.6) is 0 Å². The van der Waals surface area contributed by atoms with E-state index in [2.05, 4.69) is 0 Å². The van der Waals surface area contributed by atoms with Crippen LogP contribution in [-0.2, 0) is 4.79 Å². The van der Waals surface area contributed by atoms with Gasteiger partial charge >= 0.3 is 5.97 Å². The second-order valence-corrected chi connectivity index (χ2v) is 3.99. The van der Waals surface area contributed by atoms with Gasteiger partial charge in [0, 0.05) is 5.02 Å². The van der Waals surface area contributed by atoms with Crippen molar-refractivity contribution in [3.05, 3.63) is 34.6 Å². The van der Waals surface area contributed by atoms with Gasteiger partial charge in [-0.1, -0.05) is 31.5 Å². The smallest absolute Gasteiger partial charge is 0.306 e. The second-order valence-electron chi connectivity index (χ2n) is 3.58. The fourth-order valence-corrected chi connectivity index (χ4v) is 1.69. The quantitative estimate of drug-likeness (QED) is 0.865. The number of hydrogen-bond acceptors (Lipinski definition) is 1. The number of halogens is 2. The summed E-state index contributed by atoms with van der Waals surface area (Å²) in [6.07, 6.45) is 0. The van der Waals surface area contributed by atoms with Gasteiger partial charge in [0.25, 0.3) is 0 Å². The van der Waals surface area contributed by atoms with Crippen LogP contribution >= 0.6 is 11.6 Å². The number of carboxylic acid groups (broad SMARTS) is 1. The Bertz CT molecular complexity index is 379. The Hall–Kier alpha value is -1.09. The van der Waals surface area contributed by atoms with E-state index in [0.717, 1.165) is 0 Å². The Morgan fingerprint density at radius 2 is 2.07 bits per heavy atom. The van der Waals surface area contributed by atoms with Gasteiger partial charge in [-0.3, -0.25) is 4.79 Å². The van der Waals surface area contributed by atoms with Crippen molar-refractivity contribution in [3.63, 3.8) is 0 Å². The Kier molecular flexibility index (Phi) is 3.69. The van der Waals surface area contributed by atoms with Gasteiger partial charge in [0.15, 0.2) is 0 Å². The highest BCUT2D eigenvalue weighted by molar-refractivity contribution is 6.31. The van der Waals surface area contributed by atoms with Crippen LogP contribution in [0.3, 0.4) is 0 Å². The first-order valence-corrected chi connectivity index (χ1v) is 4.99. The van der Waals surface area contributed by atoms with E-state index in [0.29, 0.717) is 5.56 Å². The molecule has 0 aliphatic heterocycles. The van der Waals surface area contributed by atoms with Crippen molar-refractivity contribution in [3.8, 4) is 0 Å². The molecule has 15 heavy (non-hydrogen) atoms. The summed E-state index contributed by atoms with van der Waals surface area (Å²) >= 11 is 5.84. The predicted molar refractivity (Wildman–Crippen MR) is 56.6 cm³/mol. The molecule has 1 rings (SSSR count). The summed E-state index contributed by atoms with van der Waals surface area (Å²) in [5.74, 6) is -2.09. The average molecular weight is 231 g/mol. The monoisotopic (exact) mass is 230 g/mol. The highest BCUT2D eigenvalue weighted by atomic mass is 35.5. The maximum atomic E-state index is 12.8. The molecule has 0 heterocycles. The molecule has 0 fully saturated rings. The molecule has 2 nitrogen and oxygen atoms in total. The van der Waals surface area contributed by atoms with Crippen molar-refractivity contribution in [2.45, 2.75) is 19.8 Å². The molecule has 0 amide bonds. The van der Waals surface area contributed by atoms with E-state index in [1.54, 1.807) is 13.8 Å². The summed E-state index contributed by atoms with van der Waals surface area (Å²) in [5, 5.41) is 9.12. The van der Waals surface area contributed by atoms with Gasteiger partial charge in [0.1, 0.15) is 5.82 Å². The third-order valence-electron chi connectivity index (χ3n) is 2.59. The molecule has 0 aliphatic rings. The first kappa shape index (κ1) is 12.0. The number of rotatable bonds is 3. The summed E-state index contributed by atoms with van der Waals surface area (Å²) in [7, 11) is 0. The van der Waals surface area contributed by atoms with E-state index in [4.69, 9.17) is 16.7 Å². The second kappa shape index (κ2) is 4.62. The summed E-state index contributed by atoms with van der Waals surface area (Å²) in [6.45, 7) is 3.37. The summed E-state index contributed by atoms with van der Waals surface area (Å²) in [4.78, 5) is 10.8. The van der Waals surface area contributed by atoms with Gasteiger partial charge in [-0.2, -0.15) is 0 Å². The lowest BCUT2D eigenvalue weighted by atomic mass is 9.89. The van der Waals surface area contributed by atoms with Crippen LogP contribution in [0.2, 0.25) is 5.02 Å². The van der Waals surface area contributed by atoms with Crippen molar-refractivity contribution in [2.75, 3.05) is 0 Å². The van der Waals surface area contributed by atoms with Crippen LogP contribution in [0.4, 0.5) is 4.39 Å². The SMILES string of the molecule is CC(C(=O)O)C(C)c1ccc(F)cc1Cl. The van der Waals surface area contributed by atoms with Crippen molar-refractivity contribution < 1.29 is 14.3 Å². The maximum Gasteiger partial charge on any atom is 0.306 e. The van der Waals surface area contributed by atoms with Crippen LogP contribution in [0.25, 0.3) is 0 Å². The number of carboxylic acids is 1. The first-order valence-electron chi connectivity index (χ1n) is 4.61. The Morgan fingerprint density at radius 1 is 1.47 bits per heavy atom. The molecule has 0 radical (unpaired) electrons. The van der Waals surface area contributed by atoms with E-state index in [1.165, 1.54) is 18.2 Å². The fourth-order valence-electron chi connectivity index (χ4n) is 1.35. The van der Waals surface area contributed by atoms with E-state index in [1.807, 2.05) is 0 Å². The number of benzene rings is 1. The number of hydrogen-bond donors (Lipinski definition) is 1. The maximum absolute atomic E-state index is 12.8. The largest absolute Gasteiger partial charge is 0.481 e. The minimum atomic E-state index is -0.886. The van der Waals surface area contributed by atoms with Crippen LogP contribution in [0, 0.1) is 11.7 Å². The van der Waals surface area contributed by atoms with Gasteiger partial charge in [-0.05, 0) is 23.6 Å². The molecule has 0 aliphatic carbocycles. The molecular formula is C11H12ClFO2. The zero-order valence-corrected chi connectivity index (χ0v) is 9.25. The van der Waals surface area contributed by atoms with Crippen LogP contribution in [0.15, 0.2) is 18.2 Å². The van der Waals surface area contributed by atoms with Crippen molar-refractivity contribution >= 4 is 17.6 Å².